The van der Waals surface area contributed by atoms with Gasteiger partial charge in [0.25, 0.3) is 0 Å². The molecular formula is C11H12O7. The van der Waals surface area contributed by atoms with Gasteiger partial charge < -0.3 is 19.0 Å². The van der Waals surface area contributed by atoms with Gasteiger partial charge in [-0.3, -0.25) is 9.59 Å². The molecule has 0 aromatic carbocycles. The zero-order valence-corrected chi connectivity index (χ0v) is 9.67. The first kappa shape index (κ1) is 13.8. The highest BCUT2D eigenvalue weighted by atomic mass is 16.5. The number of carboxylic acid groups (broad SMARTS) is 1. The highest BCUT2D eigenvalue weighted by Gasteiger charge is 2.12. The molecule has 1 heterocycles. The summed E-state index contributed by atoms with van der Waals surface area (Å²) >= 11 is 0. The lowest BCUT2D eigenvalue weighted by molar-refractivity contribution is -0.150. The molecule has 0 radical (unpaired) electrons. The third-order valence-corrected chi connectivity index (χ3v) is 2.01. The molecule has 1 rings (SSSR count). The summed E-state index contributed by atoms with van der Waals surface area (Å²) in [6.07, 6.45) is -0.160. The molecule has 0 bridgehead atoms. The first-order valence-corrected chi connectivity index (χ1v) is 5.07. The Balaban J connectivity index is 2.33. The van der Waals surface area contributed by atoms with E-state index in [0.717, 1.165) is 0 Å². The number of furan rings is 1. The SMILES string of the molecule is COC(=O)CCC(=O)OCc1ccc(C(=O)O)o1. The van der Waals surface area contributed by atoms with Gasteiger partial charge in [0, 0.05) is 0 Å². The van der Waals surface area contributed by atoms with E-state index in [-0.39, 0.29) is 31.0 Å². The number of aromatic carboxylic acids is 1. The number of hydrogen-bond acceptors (Lipinski definition) is 6. The molecule has 1 N–H and O–H groups in total. The number of carbonyl (C=O) groups excluding carboxylic acids is 2. The minimum absolute atomic E-state index is 0.0616. The normalized spacial score (nSPS) is 9.83. The number of hydrogen-bond donors (Lipinski definition) is 1. The van der Waals surface area contributed by atoms with Gasteiger partial charge in [-0.05, 0) is 12.1 Å². The average Bonchev–Trinajstić information content (AvgIpc) is 2.82. The number of ether oxygens (including phenoxy) is 2. The van der Waals surface area contributed by atoms with Crippen LogP contribution in [0.2, 0.25) is 0 Å². The van der Waals surface area contributed by atoms with Crippen molar-refractivity contribution in [2.24, 2.45) is 0 Å². The van der Waals surface area contributed by atoms with E-state index in [0.29, 0.717) is 0 Å². The Kier molecular flexibility index (Phi) is 4.91. The van der Waals surface area contributed by atoms with Gasteiger partial charge in [0.1, 0.15) is 12.4 Å². The lowest BCUT2D eigenvalue weighted by Crippen LogP contribution is -2.08. The van der Waals surface area contributed by atoms with Gasteiger partial charge in [0.2, 0.25) is 5.76 Å². The van der Waals surface area contributed by atoms with Gasteiger partial charge in [-0.1, -0.05) is 0 Å². The molecule has 0 unspecified atom stereocenters. The quantitative estimate of drug-likeness (QED) is 0.756. The van der Waals surface area contributed by atoms with Gasteiger partial charge in [0.15, 0.2) is 0 Å². The summed E-state index contributed by atoms with van der Waals surface area (Å²) in [6, 6.07) is 2.66. The summed E-state index contributed by atoms with van der Waals surface area (Å²) in [5.74, 6) is -2.29. The summed E-state index contributed by atoms with van der Waals surface area (Å²) in [5.41, 5.74) is 0. The summed E-state index contributed by atoms with van der Waals surface area (Å²) in [5, 5.41) is 8.60. The van der Waals surface area contributed by atoms with Crippen LogP contribution in [0, 0.1) is 0 Å². The smallest absolute Gasteiger partial charge is 0.371 e. The van der Waals surface area contributed by atoms with Crippen molar-refractivity contribution in [2.75, 3.05) is 7.11 Å². The molecule has 0 saturated heterocycles. The molecule has 0 atom stereocenters. The maximum absolute atomic E-state index is 11.2. The lowest BCUT2D eigenvalue weighted by atomic mass is 10.3. The van der Waals surface area contributed by atoms with Crippen molar-refractivity contribution in [3.05, 3.63) is 23.7 Å². The molecule has 1 aromatic rings. The Morgan fingerprint density at radius 3 is 2.44 bits per heavy atom. The van der Waals surface area contributed by atoms with E-state index in [1.54, 1.807) is 0 Å². The van der Waals surface area contributed by atoms with Crippen molar-refractivity contribution in [2.45, 2.75) is 19.4 Å². The minimum atomic E-state index is -1.20. The molecule has 0 aliphatic heterocycles. The zero-order valence-electron chi connectivity index (χ0n) is 9.67. The Hall–Kier alpha value is -2.31. The topological polar surface area (TPSA) is 103 Å². The maximum atomic E-state index is 11.2. The van der Waals surface area contributed by atoms with Crippen LogP contribution in [0.4, 0.5) is 0 Å². The van der Waals surface area contributed by atoms with Crippen molar-refractivity contribution in [1.29, 1.82) is 0 Å². The molecule has 1 aromatic heterocycles. The maximum Gasteiger partial charge on any atom is 0.371 e. The van der Waals surface area contributed by atoms with E-state index >= 15 is 0 Å². The summed E-state index contributed by atoms with van der Waals surface area (Å²) in [7, 11) is 1.23. The molecule has 0 amide bonds. The van der Waals surface area contributed by atoms with Crippen molar-refractivity contribution >= 4 is 17.9 Å². The first-order chi connectivity index (χ1) is 8.52. The Morgan fingerprint density at radius 1 is 1.22 bits per heavy atom. The second-order valence-corrected chi connectivity index (χ2v) is 3.31. The van der Waals surface area contributed by atoms with E-state index < -0.39 is 17.9 Å². The van der Waals surface area contributed by atoms with E-state index in [2.05, 4.69) is 4.74 Å². The lowest BCUT2D eigenvalue weighted by Gasteiger charge is -2.02. The van der Waals surface area contributed by atoms with Crippen LogP contribution in [0.15, 0.2) is 16.5 Å². The number of rotatable bonds is 6. The second-order valence-electron chi connectivity index (χ2n) is 3.31. The number of carbonyl (C=O) groups is 3. The van der Waals surface area contributed by atoms with Crippen LogP contribution in [0.5, 0.6) is 0 Å². The van der Waals surface area contributed by atoms with Gasteiger partial charge in [-0.15, -0.1) is 0 Å². The number of esters is 2. The summed E-state index contributed by atoms with van der Waals surface area (Å²) < 4.78 is 14.0. The molecular weight excluding hydrogens is 244 g/mol. The fourth-order valence-corrected chi connectivity index (χ4v) is 1.10. The molecule has 7 nitrogen and oxygen atoms in total. The third-order valence-electron chi connectivity index (χ3n) is 2.01. The van der Waals surface area contributed by atoms with Crippen LogP contribution in [0.1, 0.15) is 29.2 Å². The van der Waals surface area contributed by atoms with Gasteiger partial charge >= 0.3 is 17.9 Å². The van der Waals surface area contributed by atoms with E-state index in [1.165, 1.54) is 19.2 Å². The Morgan fingerprint density at radius 2 is 1.89 bits per heavy atom. The predicted molar refractivity (Wildman–Crippen MR) is 56.7 cm³/mol. The van der Waals surface area contributed by atoms with Crippen LogP contribution in [0.25, 0.3) is 0 Å². The molecule has 7 heteroatoms. The highest BCUT2D eigenvalue weighted by Crippen LogP contribution is 2.09. The molecule has 0 fully saturated rings. The molecule has 18 heavy (non-hydrogen) atoms. The van der Waals surface area contributed by atoms with E-state index in [4.69, 9.17) is 14.3 Å². The summed E-state index contributed by atoms with van der Waals surface area (Å²) in [4.78, 5) is 32.5. The largest absolute Gasteiger partial charge is 0.475 e. The van der Waals surface area contributed by atoms with Crippen molar-refractivity contribution in [1.82, 2.24) is 0 Å². The Bertz CT molecular complexity index is 446. The first-order valence-electron chi connectivity index (χ1n) is 5.07. The van der Waals surface area contributed by atoms with Crippen LogP contribution in [-0.2, 0) is 25.7 Å². The van der Waals surface area contributed by atoms with Crippen LogP contribution in [0.3, 0.4) is 0 Å². The fourth-order valence-electron chi connectivity index (χ4n) is 1.10. The molecule has 98 valence electrons. The molecule has 0 saturated carbocycles. The minimum Gasteiger partial charge on any atom is -0.475 e. The fraction of sp³-hybridized carbons (Fsp3) is 0.364. The van der Waals surface area contributed by atoms with Gasteiger partial charge in [-0.25, -0.2) is 4.79 Å². The van der Waals surface area contributed by atoms with E-state index in [9.17, 15) is 14.4 Å². The standard InChI is InChI=1S/C11H12O7/c1-16-9(12)4-5-10(13)17-6-7-2-3-8(18-7)11(14)15/h2-3H,4-6H2,1H3,(H,14,15). The zero-order chi connectivity index (χ0) is 13.5. The predicted octanol–water partition coefficient (Wildman–Crippen LogP) is 0.974. The summed E-state index contributed by atoms with van der Waals surface area (Å²) in [6.45, 7) is -0.173. The van der Waals surface area contributed by atoms with Crippen molar-refractivity contribution in [3.63, 3.8) is 0 Å². The number of methoxy groups -OCH3 is 1. The van der Waals surface area contributed by atoms with Crippen LogP contribution < -0.4 is 0 Å². The van der Waals surface area contributed by atoms with Gasteiger partial charge in [-0.2, -0.15) is 0 Å². The second kappa shape index (κ2) is 6.43. The molecule has 0 spiro atoms. The van der Waals surface area contributed by atoms with Crippen LogP contribution >= 0.6 is 0 Å². The van der Waals surface area contributed by atoms with E-state index in [1.807, 2.05) is 0 Å². The van der Waals surface area contributed by atoms with Crippen molar-refractivity contribution in [3.8, 4) is 0 Å². The molecule has 0 aliphatic rings. The number of carboxylic acids is 1. The third kappa shape index (κ3) is 4.28. The van der Waals surface area contributed by atoms with Gasteiger partial charge in [0.05, 0.1) is 20.0 Å². The average molecular weight is 256 g/mol. The molecule has 0 aliphatic carbocycles. The van der Waals surface area contributed by atoms with Crippen molar-refractivity contribution < 1.29 is 33.4 Å². The van der Waals surface area contributed by atoms with Crippen LogP contribution in [-0.4, -0.2) is 30.1 Å². The monoisotopic (exact) mass is 256 g/mol. The Labute approximate surface area is 102 Å². The highest BCUT2D eigenvalue weighted by molar-refractivity contribution is 5.84.